The zero-order chi connectivity index (χ0) is 60.2. The van der Waals surface area contributed by atoms with Gasteiger partial charge in [0.15, 0.2) is 53.2 Å². The summed E-state index contributed by atoms with van der Waals surface area (Å²) in [5.74, 6) is -2.39. The van der Waals surface area contributed by atoms with Gasteiger partial charge in [0.05, 0.1) is 52.2 Å². The van der Waals surface area contributed by atoms with Crippen molar-refractivity contribution in [2.24, 2.45) is 18.9 Å². The number of aryl methyl sites for hydroxylation is 1. The summed E-state index contributed by atoms with van der Waals surface area (Å²) in [4.78, 5) is 97.9. The van der Waals surface area contributed by atoms with Crippen LogP contribution in [0.2, 0.25) is 0 Å². The van der Waals surface area contributed by atoms with Crippen LogP contribution < -0.4 is 32.5 Å². The number of hydrogen-bond acceptors (Lipinski definition) is 29. The predicted octanol–water partition coefficient (Wildman–Crippen LogP) is -2.19. The average Bonchev–Trinajstić information content (AvgIpc) is 2.71. The lowest BCUT2D eigenvalue weighted by Crippen LogP contribution is -2.44. The van der Waals surface area contributed by atoms with Crippen molar-refractivity contribution in [1.29, 1.82) is 0 Å². The fourth-order valence-corrected chi connectivity index (χ4v) is 14.3. The van der Waals surface area contributed by atoms with Crippen molar-refractivity contribution >= 4 is 82.5 Å². The van der Waals surface area contributed by atoms with Crippen LogP contribution in [0.1, 0.15) is 24.2 Å². The van der Waals surface area contributed by atoms with E-state index in [1.54, 1.807) is 0 Å². The van der Waals surface area contributed by atoms with Gasteiger partial charge < -0.3 is 75.7 Å². The highest BCUT2D eigenvalue weighted by Crippen LogP contribution is 2.68. The highest BCUT2D eigenvalue weighted by molar-refractivity contribution is 7.66. The lowest BCUT2D eigenvalue weighted by Gasteiger charge is -2.26. The van der Waals surface area contributed by atoms with Gasteiger partial charge in [-0.2, -0.15) is 13.6 Å². The molecule has 7 aromatic rings. The Labute approximate surface area is 469 Å². The molecule has 3 aliphatic heterocycles. The molecule has 0 saturated carbocycles. The molecule has 39 nitrogen and oxygen atoms in total. The van der Waals surface area contributed by atoms with E-state index < -0.39 is 149 Å². The van der Waals surface area contributed by atoms with Gasteiger partial charge in [-0.3, -0.25) is 51.4 Å². The third-order valence-electron chi connectivity index (χ3n) is 13.6. The van der Waals surface area contributed by atoms with E-state index >= 15 is 0 Å². The van der Waals surface area contributed by atoms with Crippen LogP contribution in [0.3, 0.4) is 0 Å². The molecule has 16 atom stereocenters. The first kappa shape index (κ1) is 61.2. The highest BCUT2D eigenvalue weighted by Gasteiger charge is 2.54. The Morgan fingerprint density at radius 1 is 0.702 bits per heavy atom. The maximum absolute atomic E-state index is 13.9. The van der Waals surface area contributed by atoms with Gasteiger partial charge in [-0.1, -0.05) is 35.3 Å². The van der Waals surface area contributed by atoms with Crippen molar-refractivity contribution in [1.82, 2.24) is 53.6 Å². The number of nitrogens with one attached hydrogen (secondary N) is 3. The summed E-state index contributed by atoms with van der Waals surface area (Å²) in [6.45, 7) is -4.31. The normalized spacial score (nSPS) is 28.4. The number of imidazole rings is 3. The Bertz CT molecular complexity index is 3870. The summed E-state index contributed by atoms with van der Waals surface area (Å²) in [6.07, 6.45) is -11.2. The largest absolute Gasteiger partial charge is 0.490 e. The Morgan fingerprint density at radius 3 is 1.99 bits per heavy atom. The zero-order valence-electron chi connectivity index (χ0n) is 43.4. The number of nitrogens with zero attached hydrogens (tertiary/aromatic N) is 10. The van der Waals surface area contributed by atoms with E-state index in [9.17, 15) is 67.8 Å². The number of rotatable bonds is 24. The van der Waals surface area contributed by atoms with E-state index in [-0.39, 0.29) is 51.2 Å². The summed E-state index contributed by atoms with van der Waals surface area (Å²) < 4.78 is 112. The van der Waals surface area contributed by atoms with E-state index in [0.717, 1.165) is 23.6 Å². The first-order valence-electron chi connectivity index (χ1n) is 24.7. The van der Waals surface area contributed by atoms with E-state index in [1.807, 2.05) is 30.3 Å². The lowest BCUT2D eigenvalue weighted by atomic mass is 9.91. The van der Waals surface area contributed by atoms with E-state index in [2.05, 4.69) is 53.8 Å². The van der Waals surface area contributed by atoms with Crippen LogP contribution in [0, 0.1) is 11.8 Å². The van der Waals surface area contributed by atoms with Crippen molar-refractivity contribution in [3.05, 3.63) is 81.9 Å². The molecule has 3 saturated heterocycles. The number of phosphoric ester groups is 3. The van der Waals surface area contributed by atoms with Crippen molar-refractivity contribution in [2.45, 2.75) is 68.0 Å². The van der Waals surface area contributed by atoms with Crippen molar-refractivity contribution < 1.29 is 108 Å². The minimum Gasteiger partial charge on any atom is -0.396 e. The molecule has 43 heteroatoms. The number of aromatic amines is 2. The van der Waals surface area contributed by atoms with E-state index in [0.29, 0.717) is 6.54 Å². The molecule has 0 spiro atoms. The molecule has 0 aliphatic carbocycles. The van der Waals surface area contributed by atoms with Crippen LogP contribution in [0.25, 0.3) is 33.5 Å². The summed E-state index contributed by atoms with van der Waals surface area (Å²) in [5, 5.41) is 45.7. The van der Waals surface area contributed by atoms with E-state index in [1.165, 1.54) is 39.7 Å². The summed E-state index contributed by atoms with van der Waals surface area (Å²) in [5.41, 5.74) is 10.9. The number of ether oxygens (including phenoxy) is 4. The number of methoxy groups -OCH3 is 1. The molecular weight excluding hydrogens is 1210 g/mol. The van der Waals surface area contributed by atoms with Crippen molar-refractivity contribution in [3.8, 4) is 0 Å². The molecule has 84 heavy (non-hydrogen) atoms. The Balaban J connectivity index is 0.834. The first-order valence-corrected chi connectivity index (χ1v) is 30.6. The Hall–Kier alpha value is -5.93. The molecule has 0 radical (unpaired) electrons. The van der Waals surface area contributed by atoms with Crippen molar-refractivity contribution in [2.75, 3.05) is 56.9 Å². The minimum atomic E-state index is -6.21. The monoisotopic (exact) mass is 1260 g/mol. The molecule has 6 aromatic heterocycles. The third-order valence-corrected chi connectivity index (χ3v) is 18.9. The summed E-state index contributed by atoms with van der Waals surface area (Å²) in [7, 11) is -20.9. The third kappa shape index (κ3) is 12.7. The van der Waals surface area contributed by atoms with Gasteiger partial charge in [-0.15, -0.1) is 0 Å². The molecule has 15 N–H and O–H groups in total. The number of aliphatic hydroxyl groups is 4. The number of fused-ring (bicyclic) bond motifs is 3. The predicted molar refractivity (Wildman–Crippen MR) is 277 cm³/mol. The van der Waals surface area contributed by atoms with Crippen LogP contribution in [0.15, 0.2) is 65.2 Å². The molecule has 1 aromatic carbocycles. The minimum absolute atomic E-state index is 0.00519. The van der Waals surface area contributed by atoms with Gasteiger partial charge in [-0.05, 0) is 5.56 Å². The second kappa shape index (κ2) is 24.1. The second-order valence-electron chi connectivity index (χ2n) is 19.0. The van der Waals surface area contributed by atoms with Gasteiger partial charge >= 0.3 is 36.9 Å². The lowest BCUT2D eigenvalue weighted by molar-refractivity contribution is -0.746. The van der Waals surface area contributed by atoms with Crippen LogP contribution in [0.4, 0.5) is 17.7 Å². The summed E-state index contributed by atoms with van der Waals surface area (Å²) in [6, 6.07) is 9.22. The fraction of sp³-hybridized carbons (Fsp3) is 0.488. The molecule has 10 unspecified atom stereocenters. The molecule has 0 bridgehead atoms. The molecule has 3 fully saturated rings. The average molecular weight is 1260 g/mol. The SMILES string of the molecule is COC1C(OP(=O)(O)OC[C@H]2O[C@@H](n3cnc4c(=O)[nH]c(N)nc43)C(O)C2O)[C@@H](COP(=O)(O)OP(=O)(O)OP(=O)(O)OC[C@H]2O[C@@H]([n+]3cn(C)c4c(=O)[nH]c(N)nc43)C(CO)C2CO)O[C@H]1n1cnc2c(NCc3ccccc3)ncnc21. The molecule has 10 rings (SSSR count). The Kier molecular flexibility index (Phi) is 17.5. The molecular formula is C41H54N15O24P4+. The highest BCUT2D eigenvalue weighted by atomic mass is 31.3. The number of nitrogen functional groups attached to an aromatic ring is 2. The number of benzene rings is 1. The molecule has 3 aliphatic rings. The van der Waals surface area contributed by atoms with Gasteiger partial charge in [0.25, 0.3) is 17.1 Å². The second-order valence-corrected chi connectivity index (χ2v) is 25.0. The number of aliphatic hydroxyl groups excluding tert-OH is 4. The molecule has 0 amide bonds. The van der Waals surface area contributed by atoms with Gasteiger partial charge in [0.1, 0.15) is 43.0 Å². The van der Waals surface area contributed by atoms with Gasteiger partial charge in [0.2, 0.25) is 11.5 Å². The topological polar surface area (TPSA) is 548 Å². The number of H-pyrrole nitrogens is 2. The number of phosphoric acid groups is 4. The standard InChI is InChI=1S/C41H53N15O24P4/c1-53-17-56(34-26(53)36(62)52-41(43)50-34)37-20(10-58)19(9-57)21(75-37)11-73-82(65,66)79-84(69,70)80-83(67,68)74-13-23-29(30(71-2)39(77-23)54-15-47-24-31(45-14-46-32(24)54)44-8-18-6-4-3-5-7-18)78-81(63,64)72-12-22-27(59)28(60)38(76-22)55-16-48-25-33(55)49-40(42)51-35(25)61/h3-7,14-17,19-23,27-30,37-39,57-60H,8-13H2,1-2H3,(H10-,42,43,44,45,46,49,50,51,52,61,62,63,64,65,66,67,68,69,70)/p+1/t19?,20?,21-,22-,23-,27?,28?,29?,30?,37-,38-,39-/m1/s1. The maximum Gasteiger partial charge on any atom is 0.490 e. The van der Waals surface area contributed by atoms with Crippen LogP contribution in [0.5, 0.6) is 0 Å². The van der Waals surface area contributed by atoms with E-state index in [4.69, 9.17) is 48.5 Å². The quantitative estimate of drug-likeness (QED) is 0.0226. The van der Waals surface area contributed by atoms with Gasteiger partial charge in [0, 0.05) is 32.1 Å². The van der Waals surface area contributed by atoms with Crippen LogP contribution in [-0.4, -0.2) is 176 Å². The number of aromatic nitrogens is 12. The van der Waals surface area contributed by atoms with Crippen molar-refractivity contribution in [3.63, 3.8) is 0 Å². The number of nitrogens with two attached hydrogens (primary N) is 2. The maximum atomic E-state index is 13.9. The summed E-state index contributed by atoms with van der Waals surface area (Å²) >= 11 is 0. The smallest absolute Gasteiger partial charge is 0.396 e. The Morgan fingerprint density at radius 2 is 1.31 bits per heavy atom. The fourth-order valence-electron chi connectivity index (χ4n) is 9.87. The molecule has 456 valence electrons. The van der Waals surface area contributed by atoms with Gasteiger partial charge in [-0.25, -0.2) is 42.8 Å². The first-order chi connectivity index (χ1) is 39.8. The van der Waals surface area contributed by atoms with Crippen LogP contribution >= 0.6 is 31.3 Å². The zero-order valence-corrected chi connectivity index (χ0v) is 47.0. The van der Waals surface area contributed by atoms with Crippen LogP contribution in [-0.2, 0) is 77.5 Å². The molecule has 9 heterocycles. The number of anilines is 3. The number of hydrogen-bond donors (Lipinski definition) is 13.